The summed E-state index contributed by atoms with van der Waals surface area (Å²) < 4.78 is 16.7. The Balaban J connectivity index is 1.40. The number of ether oxygens (including phenoxy) is 2. The molecule has 0 radical (unpaired) electrons. The van der Waals surface area contributed by atoms with Crippen LogP contribution in [-0.4, -0.2) is 47.7 Å². The molecule has 0 N–H and O–H groups in total. The van der Waals surface area contributed by atoms with Crippen LogP contribution in [0.3, 0.4) is 0 Å². The van der Waals surface area contributed by atoms with E-state index >= 15 is 0 Å². The molecule has 6 heteroatoms. The molecule has 2 aromatic heterocycles. The second-order valence-corrected chi connectivity index (χ2v) is 6.30. The highest BCUT2D eigenvalue weighted by Gasteiger charge is 2.43. The Labute approximate surface area is 140 Å². The molecule has 1 saturated heterocycles. The molecular weight excluding hydrogens is 308 g/mol. The van der Waals surface area contributed by atoms with Gasteiger partial charge in [-0.25, -0.2) is 4.98 Å². The van der Waals surface area contributed by atoms with Gasteiger partial charge in [0.1, 0.15) is 6.26 Å². The average Bonchev–Trinajstić information content (AvgIpc) is 3.29. The summed E-state index contributed by atoms with van der Waals surface area (Å²) in [5, 5.41) is 0. The summed E-state index contributed by atoms with van der Waals surface area (Å²) in [6, 6.07) is 7.45. The summed E-state index contributed by atoms with van der Waals surface area (Å²) in [4.78, 5) is 18.8. The fraction of sp³-hybridized carbons (Fsp3) is 0.444. The van der Waals surface area contributed by atoms with Crippen molar-refractivity contribution in [3.63, 3.8) is 0 Å². The van der Waals surface area contributed by atoms with Crippen molar-refractivity contribution in [2.75, 3.05) is 19.8 Å². The summed E-state index contributed by atoms with van der Waals surface area (Å²) in [5.41, 5.74) is 0.601. The van der Waals surface area contributed by atoms with Crippen LogP contribution in [0.5, 0.6) is 5.88 Å². The number of aromatic nitrogens is 1. The van der Waals surface area contributed by atoms with Crippen LogP contribution in [0.25, 0.3) is 0 Å². The number of furan rings is 1. The largest absolute Gasteiger partial charge is 0.477 e. The zero-order valence-corrected chi connectivity index (χ0v) is 13.3. The Hall–Kier alpha value is -2.34. The van der Waals surface area contributed by atoms with E-state index in [0.717, 1.165) is 12.8 Å². The predicted molar refractivity (Wildman–Crippen MR) is 85.7 cm³/mol. The summed E-state index contributed by atoms with van der Waals surface area (Å²) >= 11 is 0. The van der Waals surface area contributed by atoms with E-state index in [1.807, 2.05) is 23.1 Å². The van der Waals surface area contributed by atoms with Gasteiger partial charge in [-0.2, -0.15) is 0 Å². The fourth-order valence-corrected chi connectivity index (χ4v) is 3.63. The molecule has 126 valence electrons. The van der Waals surface area contributed by atoms with Gasteiger partial charge in [0.25, 0.3) is 5.91 Å². The van der Waals surface area contributed by atoms with E-state index in [9.17, 15) is 4.79 Å². The lowest BCUT2D eigenvalue weighted by atomic mass is 10.1. The lowest BCUT2D eigenvalue weighted by Crippen LogP contribution is -2.51. The molecule has 1 saturated carbocycles. The van der Waals surface area contributed by atoms with Gasteiger partial charge in [0.2, 0.25) is 5.88 Å². The quantitative estimate of drug-likeness (QED) is 0.862. The first-order chi connectivity index (χ1) is 11.8. The summed E-state index contributed by atoms with van der Waals surface area (Å²) in [5.74, 6) is 1.02. The number of morpholine rings is 1. The van der Waals surface area contributed by atoms with Crippen LogP contribution in [0.1, 0.15) is 23.2 Å². The van der Waals surface area contributed by atoms with Gasteiger partial charge < -0.3 is 18.8 Å². The molecule has 1 aliphatic heterocycles. The lowest BCUT2D eigenvalue weighted by Gasteiger charge is -2.37. The van der Waals surface area contributed by atoms with Crippen molar-refractivity contribution in [2.24, 2.45) is 5.92 Å². The highest BCUT2D eigenvalue weighted by Crippen LogP contribution is 2.35. The van der Waals surface area contributed by atoms with Gasteiger partial charge in [-0.3, -0.25) is 4.79 Å². The number of carbonyl (C=O) groups is 1. The molecule has 24 heavy (non-hydrogen) atoms. The summed E-state index contributed by atoms with van der Waals surface area (Å²) in [6.45, 7) is 1.80. The Morgan fingerprint density at radius 2 is 2.29 bits per heavy atom. The van der Waals surface area contributed by atoms with Crippen LogP contribution in [0, 0.1) is 5.92 Å². The standard InChI is InChI=1S/C18H20N2O4/c21-18(14-4-7-22-12-14)20-6-8-23-16-10-13(9-15(16)20)11-24-17-3-1-2-5-19-17/h1-5,7,12-13,15-16H,6,8-11H2/t13-,15-,16-/m1/s1. The first-order valence-electron chi connectivity index (χ1n) is 8.30. The molecule has 2 aromatic rings. The molecule has 0 bridgehead atoms. The summed E-state index contributed by atoms with van der Waals surface area (Å²) in [7, 11) is 0. The molecule has 3 heterocycles. The van der Waals surface area contributed by atoms with Crippen molar-refractivity contribution in [1.29, 1.82) is 0 Å². The average molecular weight is 328 g/mol. The van der Waals surface area contributed by atoms with E-state index < -0.39 is 0 Å². The number of nitrogens with zero attached hydrogens (tertiary/aromatic N) is 2. The molecule has 2 fully saturated rings. The van der Waals surface area contributed by atoms with Crippen LogP contribution in [0.4, 0.5) is 0 Å². The molecule has 1 aliphatic carbocycles. The van der Waals surface area contributed by atoms with E-state index in [0.29, 0.717) is 37.1 Å². The number of pyridine rings is 1. The van der Waals surface area contributed by atoms with Crippen LogP contribution in [0.2, 0.25) is 0 Å². The zero-order valence-electron chi connectivity index (χ0n) is 13.3. The van der Waals surface area contributed by atoms with E-state index in [1.54, 1.807) is 12.3 Å². The van der Waals surface area contributed by atoms with Crippen LogP contribution < -0.4 is 4.74 Å². The second kappa shape index (κ2) is 6.65. The van der Waals surface area contributed by atoms with Gasteiger partial charge in [-0.1, -0.05) is 6.07 Å². The van der Waals surface area contributed by atoms with Gasteiger partial charge >= 0.3 is 0 Å². The minimum atomic E-state index is 0.0216. The smallest absolute Gasteiger partial charge is 0.257 e. The number of hydrogen-bond acceptors (Lipinski definition) is 5. The third-order valence-electron chi connectivity index (χ3n) is 4.77. The Bertz CT molecular complexity index is 674. The Kier molecular flexibility index (Phi) is 4.21. The highest BCUT2D eigenvalue weighted by molar-refractivity contribution is 5.94. The third-order valence-corrected chi connectivity index (χ3v) is 4.77. The van der Waals surface area contributed by atoms with E-state index in [4.69, 9.17) is 13.9 Å². The Morgan fingerprint density at radius 1 is 1.33 bits per heavy atom. The number of hydrogen-bond donors (Lipinski definition) is 0. The zero-order chi connectivity index (χ0) is 16.4. The van der Waals surface area contributed by atoms with Crippen molar-refractivity contribution >= 4 is 5.91 Å². The van der Waals surface area contributed by atoms with E-state index in [2.05, 4.69) is 4.98 Å². The second-order valence-electron chi connectivity index (χ2n) is 6.30. The normalized spacial score (nSPS) is 26.2. The maximum atomic E-state index is 12.7. The molecule has 2 aliphatic rings. The number of carbonyl (C=O) groups excluding carboxylic acids is 1. The number of fused-ring (bicyclic) bond motifs is 1. The van der Waals surface area contributed by atoms with Crippen molar-refractivity contribution in [1.82, 2.24) is 9.88 Å². The van der Waals surface area contributed by atoms with E-state index in [1.165, 1.54) is 12.5 Å². The monoisotopic (exact) mass is 328 g/mol. The van der Waals surface area contributed by atoms with Gasteiger partial charge in [-0.15, -0.1) is 0 Å². The van der Waals surface area contributed by atoms with Crippen molar-refractivity contribution in [3.05, 3.63) is 48.6 Å². The van der Waals surface area contributed by atoms with E-state index in [-0.39, 0.29) is 18.1 Å². The predicted octanol–water partition coefficient (Wildman–Crippen LogP) is 2.37. The van der Waals surface area contributed by atoms with Crippen molar-refractivity contribution in [2.45, 2.75) is 25.0 Å². The molecular formula is C18H20N2O4. The van der Waals surface area contributed by atoms with Gasteiger partial charge in [0.05, 0.1) is 37.2 Å². The maximum absolute atomic E-state index is 12.7. The molecule has 0 unspecified atom stereocenters. The first-order valence-corrected chi connectivity index (χ1v) is 8.30. The number of amides is 1. The van der Waals surface area contributed by atoms with Gasteiger partial charge in [0.15, 0.2) is 0 Å². The van der Waals surface area contributed by atoms with Crippen LogP contribution in [-0.2, 0) is 4.74 Å². The SMILES string of the molecule is O=C(c1ccoc1)N1CCO[C@@H]2C[C@H](COc3ccccn3)C[C@H]21. The fourth-order valence-electron chi connectivity index (χ4n) is 3.63. The maximum Gasteiger partial charge on any atom is 0.257 e. The van der Waals surface area contributed by atoms with Crippen molar-refractivity contribution in [3.8, 4) is 5.88 Å². The molecule has 6 nitrogen and oxygen atoms in total. The van der Waals surface area contributed by atoms with Gasteiger partial charge in [0, 0.05) is 18.8 Å². The topological polar surface area (TPSA) is 64.8 Å². The summed E-state index contributed by atoms with van der Waals surface area (Å²) in [6.07, 6.45) is 6.64. The molecule has 1 amide bonds. The van der Waals surface area contributed by atoms with Crippen LogP contribution in [0.15, 0.2) is 47.4 Å². The number of rotatable bonds is 4. The van der Waals surface area contributed by atoms with Crippen LogP contribution >= 0.6 is 0 Å². The minimum Gasteiger partial charge on any atom is -0.477 e. The highest BCUT2D eigenvalue weighted by atomic mass is 16.5. The van der Waals surface area contributed by atoms with Gasteiger partial charge in [-0.05, 0) is 30.9 Å². The molecule has 4 rings (SSSR count). The van der Waals surface area contributed by atoms with Crippen molar-refractivity contribution < 1.29 is 18.7 Å². The molecule has 3 atom stereocenters. The third kappa shape index (κ3) is 3.01. The Morgan fingerprint density at radius 3 is 3.08 bits per heavy atom. The first kappa shape index (κ1) is 15.2. The molecule has 0 aromatic carbocycles. The molecule has 0 spiro atoms. The lowest BCUT2D eigenvalue weighted by molar-refractivity contribution is -0.0448. The minimum absolute atomic E-state index is 0.0216.